The van der Waals surface area contributed by atoms with Crippen LogP contribution in [0.5, 0.6) is 0 Å². The molecule has 0 aromatic carbocycles. The van der Waals surface area contributed by atoms with Gasteiger partial charge < -0.3 is 0 Å². The quantitative estimate of drug-likeness (QED) is 0.634. The van der Waals surface area contributed by atoms with Crippen molar-refractivity contribution in [3.63, 3.8) is 0 Å². The Morgan fingerprint density at radius 2 is 2.00 bits per heavy atom. The molecule has 0 saturated heterocycles. The maximum Gasteiger partial charge on any atom is 0.156 e. The van der Waals surface area contributed by atoms with E-state index in [9.17, 15) is 9.59 Å². The summed E-state index contributed by atoms with van der Waals surface area (Å²) in [5.74, 6) is 1.55. The van der Waals surface area contributed by atoms with Crippen LogP contribution < -0.4 is 0 Å². The number of fused-ring (bicyclic) bond motifs is 5. The van der Waals surface area contributed by atoms with Gasteiger partial charge in [0.25, 0.3) is 0 Å². The van der Waals surface area contributed by atoms with Gasteiger partial charge in [0.1, 0.15) is 5.78 Å². The van der Waals surface area contributed by atoms with E-state index in [1.165, 1.54) is 11.1 Å². The molecule has 21 heavy (non-hydrogen) atoms. The fraction of sp³-hybridized carbons (Fsp3) is 0.579. The number of carbonyl (C=O) groups excluding carboxylic acids is 2. The molecular weight excluding hydrogens is 260 g/mol. The maximum atomic E-state index is 12.3. The van der Waals surface area contributed by atoms with Crippen molar-refractivity contribution in [3.8, 4) is 0 Å². The molecule has 1 saturated carbocycles. The van der Waals surface area contributed by atoms with Crippen LogP contribution in [0.15, 0.2) is 35.5 Å². The van der Waals surface area contributed by atoms with Crippen molar-refractivity contribution in [3.05, 3.63) is 35.5 Å². The molecule has 0 aromatic heterocycles. The molecule has 0 spiro atoms. The zero-order chi connectivity index (χ0) is 14.8. The zero-order valence-electron chi connectivity index (χ0n) is 12.8. The summed E-state index contributed by atoms with van der Waals surface area (Å²) in [4.78, 5) is 24.0. The largest absolute Gasteiger partial charge is 0.299 e. The standard InChI is InChI=1S/C19H22O2/c1-18-9-7-13(20)11-12(18)3-4-14-15-5-6-17(21)19(15,2)10-8-16(14)18/h3-4,8,11,14-15H,5-7,9-10H2,1-2H3. The molecule has 0 amide bonds. The number of allylic oxidation sites excluding steroid dienone is 6. The third-order valence-electron chi connectivity index (χ3n) is 6.62. The summed E-state index contributed by atoms with van der Waals surface area (Å²) in [5, 5.41) is 0. The van der Waals surface area contributed by atoms with Gasteiger partial charge in [-0.15, -0.1) is 0 Å². The molecule has 0 N–H and O–H groups in total. The molecule has 1 fully saturated rings. The second-order valence-corrected chi connectivity index (χ2v) is 7.63. The Bertz CT molecular complexity index is 636. The van der Waals surface area contributed by atoms with Gasteiger partial charge in [0.2, 0.25) is 0 Å². The second kappa shape index (κ2) is 4.06. The topological polar surface area (TPSA) is 34.1 Å². The minimum atomic E-state index is -0.152. The number of hydrogen-bond acceptors (Lipinski definition) is 2. The van der Waals surface area contributed by atoms with Gasteiger partial charge in [-0.3, -0.25) is 9.59 Å². The van der Waals surface area contributed by atoms with Gasteiger partial charge >= 0.3 is 0 Å². The summed E-state index contributed by atoms with van der Waals surface area (Å²) in [6, 6.07) is 0. The van der Waals surface area contributed by atoms with Crippen molar-refractivity contribution < 1.29 is 9.59 Å². The molecule has 4 aliphatic rings. The fourth-order valence-corrected chi connectivity index (χ4v) is 5.12. The summed E-state index contributed by atoms with van der Waals surface area (Å²) in [5.41, 5.74) is 2.51. The highest BCUT2D eigenvalue weighted by Gasteiger charge is 2.54. The highest BCUT2D eigenvalue weighted by molar-refractivity contribution is 5.93. The van der Waals surface area contributed by atoms with Crippen LogP contribution in [-0.4, -0.2) is 11.6 Å². The van der Waals surface area contributed by atoms with E-state index in [1.54, 1.807) is 0 Å². The molecule has 4 rings (SSSR count). The summed E-state index contributed by atoms with van der Waals surface area (Å²) in [6.45, 7) is 4.44. The van der Waals surface area contributed by atoms with Crippen molar-refractivity contribution in [2.24, 2.45) is 22.7 Å². The monoisotopic (exact) mass is 282 g/mol. The molecule has 2 nitrogen and oxygen atoms in total. The van der Waals surface area contributed by atoms with Gasteiger partial charge in [-0.1, -0.05) is 37.6 Å². The summed E-state index contributed by atoms with van der Waals surface area (Å²) in [6.07, 6.45) is 12.8. The van der Waals surface area contributed by atoms with Crippen molar-refractivity contribution in [1.29, 1.82) is 0 Å². The summed E-state index contributed by atoms with van der Waals surface area (Å²) >= 11 is 0. The molecule has 0 bridgehead atoms. The highest BCUT2D eigenvalue weighted by Crippen LogP contribution is 2.60. The van der Waals surface area contributed by atoms with Crippen molar-refractivity contribution in [1.82, 2.24) is 0 Å². The number of rotatable bonds is 0. The Kier molecular flexibility index (Phi) is 2.56. The molecule has 110 valence electrons. The lowest BCUT2D eigenvalue weighted by molar-refractivity contribution is -0.126. The smallest absolute Gasteiger partial charge is 0.156 e. The molecule has 4 aliphatic carbocycles. The normalized spacial score (nSPS) is 44.7. The highest BCUT2D eigenvalue weighted by atomic mass is 16.1. The number of hydrogen-bond donors (Lipinski definition) is 0. The SMILES string of the molecule is CC12CCC(=O)C=C1C=CC1C2=CCC2(C)C(=O)CCC12. The van der Waals surface area contributed by atoms with Crippen LogP contribution in [0.4, 0.5) is 0 Å². The molecule has 0 heterocycles. The first-order valence-corrected chi connectivity index (χ1v) is 8.12. The van der Waals surface area contributed by atoms with Gasteiger partial charge in [-0.05, 0) is 36.8 Å². The van der Waals surface area contributed by atoms with Gasteiger partial charge in [0.05, 0.1) is 0 Å². The summed E-state index contributed by atoms with van der Waals surface area (Å²) in [7, 11) is 0. The predicted molar refractivity (Wildman–Crippen MR) is 81.6 cm³/mol. The van der Waals surface area contributed by atoms with E-state index >= 15 is 0 Å². The third-order valence-corrected chi connectivity index (χ3v) is 6.62. The molecule has 0 aromatic rings. The fourth-order valence-electron chi connectivity index (χ4n) is 5.12. The number of ketones is 2. The van der Waals surface area contributed by atoms with E-state index in [0.29, 0.717) is 24.0 Å². The third kappa shape index (κ3) is 1.59. The average Bonchev–Trinajstić information content (AvgIpc) is 2.76. The molecule has 4 atom stereocenters. The molecule has 0 aliphatic heterocycles. The van der Waals surface area contributed by atoms with Crippen LogP contribution in [0.3, 0.4) is 0 Å². The molecule has 4 unspecified atom stereocenters. The first kappa shape index (κ1) is 13.2. The lowest BCUT2D eigenvalue weighted by atomic mass is 9.54. The number of Topliss-reactive ketones (excluding diaryl/α,β-unsaturated/α-hetero) is 1. The minimum Gasteiger partial charge on any atom is -0.299 e. The minimum absolute atomic E-state index is 0.0142. The van der Waals surface area contributed by atoms with Crippen LogP contribution in [0.2, 0.25) is 0 Å². The molecular formula is C19H22O2. The van der Waals surface area contributed by atoms with Crippen LogP contribution >= 0.6 is 0 Å². The lowest BCUT2D eigenvalue weighted by Crippen LogP contribution is -2.42. The van der Waals surface area contributed by atoms with Crippen LogP contribution in [-0.2, 0) is 9.59 Å². The first-order valence-electron chi connectivity index (χ1n) is 8.12. The Morgan fingerprint density at radius 1 is 1.19 bits per heavy atom. The Hall–Kier alpha value is -1.44. The van der Waals surface area contributed by atoms with Gasteiger partial charge in [0, 0.05) is 29.6 Å². The van der Waals surface area contributed by atoms with Crippen LogP contribution in [0.25, 0.3) is 0 Å². The van der Waals surface area contributed by atoms with E-state index in [1.807, 2.05) is 6.08 Å². The molecule has 0 radical (unpaired) electrons. The summed E-state index contributed by atoms with van der Waals surface area (Å²) < 4.78 is 0. The van der Waals surface area contributed by atoms with Gasteiger partial charge in [0.15, 0.2) is 5.78 Å². The lowest BCUT2D eigenvalue weighted by Gasteiger charge is -2.49. The average molecular weight is 282 g/mol. The molecule has 2 heteroatoms. The van der Waals surface area contributed by atoms with E-state index in [-0.39, 0.29) is 16.6 Å². The van der Waals surface area contributed by atoms with Crippen LogP contribution in [0.1, 0.15) is 46.0 Å². The van der Waals surface area contributed by atoms with E-state index in [0.717, 1.165) is 25.7 Å². The maximum absolute atomic E-state index is 12.3. The Labute approximate surface area is 126 Å². The second-order valence-electron chi connectivity index (χ2n) is 7.63. The van der Waals surface area contributed by atoms with E-state index < -0.39 is 0 Å². The first-order chi connectivity index (χ1) is 9.95. The van der Waals surface area contributed by atoms with Gasteiger partial charge in [-0.2, -0.15) is 0 Å². The van der Waals surface area contributed by atoms with E-state index in [2.05, 4.69) is 32.1 Å². The van der Waals surface area contributed by atoms with Gasteiger partial charge in [-0.25, -0.2) is 0 Å². The van der Waals surface area contributed by atoms with Crippen LogP contribution in [0, 0.1) is 22.7 Å². The number of carbonyl (C=O) groups is 2. The van der Waals surface area contributed by atoms with E-state index in [4.69, 9.17) is 0 Å². The van der Waals surface area contributed by atoms with Crippen molar-refractivity contribution in [2.45, 2.75) is 46.0 Å². The van der Waals surface area contributed by atoms with Crippen molar-refractivity contribution >= 4 is 11.6 Å². The Balaban J connectivity index is 1.83. The van der Waals surface area contributed by atoms with Crippen molar-refractivity contribution in [2.75, 3.05) is 0 Å². The zero-order valence-corrected chi connectivity index (χ0v) is 12.8. The predicted octanol–water partition coefficient (Wildman–Crippen LogP) is 3.78. The Morgan fingerprint density at radius 3 is 2.81 bits per heavy atom.